The average Bonchev–Trinajstić information content (AvgIpc) is 2.85. The number of aliphatic imine (C=N–C) groups is 1. The Kier molecular flexibility index (Phi) is 5.67. The van der Waals surface area contributed by atoms with E-state index in [1.807, 2.05) is 23.5 Å². The molecule has 29 heavy (non-hydrogen) atoms. The molecule has 0 saturated carbocycles. The highest BCUT2D eigenvalue weighted by Gasteiger charge is 2.27. The fourth-order valence-electron chi connectivity index (χ4n) is 3.74. The molecule has 0 fully saturated rings. The van der Waals surface area contributed by atoms with E-state index >= 15 is 0 Å². The minimum absolute atomic E-state index is 0.126. The number of nitrogens with one attached hydrogen (secondary N) is 1. The number of hydrogen-bond acceptors (Lipinski definition) is 4. The van der Waals surface area contributed by atoms with Gasteiger partial charge in [-0.3, -0.25) is 4.99 Å². The van der Waals surface area contributed by atoms with Gasteiger partial charge in [-0.05, 0) is 64.1 Å². The minimum Gasteiger partial charge on any atom is -0.358 e. The molecule has 0 aliphatic carbocycles. The van der Waals surface area contributed by atoms with E-state index in [9.17, 15) is 0 Å². The molecule has 2 aliphatic rings. The van der Waals surface area contributed by atoms with E-state index in [1.165, 1.54) is 21.2 Å². The summed E-state index contributed by atoms with van der Waals surface area (Å²) in [6.07, 6.45) is 8.49. The third kappa shape index (κ3) is 5.18. The Morgan fingerprint density at radius 1 is 0.862 bits per heavy atom. The first-order valence-electron chi connectivity index (χ1n) is 10.1. The van der Waals surface area contributed by atoms with Gasteiger partial charge in [-0.2, -0.15) is 0 Å². The number of fused-ring (bicyclic) bond motifs is 2. The molecule has 0 unspecified atom stereocenters. The minimum atomic E-state index is 0.126. The molecule has 2 nitrogen and oxygen atoms in total. The monoisotopic (exact) mass is 420 g/mol. The molecule has 2 aromatic carbocycles. The third-order valence-corrected chi connectivity index (χ3v) is 7.43. The molecule has 0 spiro atoms. The van der Waals surface area contributed by atoms with E-state index < -0.39 is 0 Å². The van der Waals surface area contributed by atoms with Crippen molar-refractivity contribution in [3.63, 3.8) is 0 Å². The SMILES string of the molecule is CC1(C)CC(/C=C/C=C2/CC(C)(C)Sc3ccccc3N2)=Nc2ccccc2S1. The third-order valence-electron chi connectivity index (χ3n) is 4.89. The van der Waals surface area contributed by atoms with Crippen LogP contribution in [-0.4, -0.2) is 15.2 Å². The van der Waals surface area contributed by atoms with Crippen molar-refractivity contribution in [2.24, 2.45) is 4.99 Å². The van der Waals surface area contributed by atoms with Gasteiger partial charge in [0.25, 0.3) is 0 Å². The van der Waals surface area contributed by atoms with E-state index in [4.69, 9.17) is 4.99 Å². The molecule has 2 aliphatic heterocycles. The summed E-state index contributed by atoms with van der Waals surface area (Å²) in [7, 11) is 0. The van der Waals surface area contributed by atoms with Crippen LogP contribution in [0.3, 0.4) is 0 Å². The zero-order valence-electron chi connectivity index (χ0n) is 17.5. The van der Waals surface area contributed by atoms with Crippen molar-refractivity contribution in [2.45, 2.75) is 59.8 Å². The van der Waals surface area contributed by atoms with Crippen LogP contribution in [0, 0.1) is 0 Å². The van der Waals surface area contributed by atoms with Gasteiger partial charge in [-0.25, -0.2) is 0 Å². The highest BCUT2D eigenvalue weighted by molar-refractivity contribution is 8.01. The zero-order valence-corrected chi connectivity index (χ0v) is 19.2. The number of para-hydroxylation sites is 2. The lowest BCUT2D eigenvalue weighted by Crippen LogP contribution is -2.17. The Morgan fingerprint density at radius 3 is 2.34 bits per heavy atom. The van der Waals surface area contributed by atoms with Crippen molar-refractivity contribution in [3.05, 3.63) is 72.5 Å². The van der Waals surface area contributed by atoms with Crippen molar-refractivity contribution >= 4 is 40.6 Å². The molecule has 0 amide bonds. The molecule has 0 atom stereocenters. The number of anilines is 1. The maximum Gasteiger partial charge on any atom is 0.0768 e. The summed E-state index contributed by atoms with van der Waals surface area (Å²) < 4.78 is 0.276. The van der Waals surface area contributed by atoms with Crippen LogP contribution in [0.5, 0.6) is 0 Å². The molecule has 150 valence electrons. The Morgan fingerprint density at radius 2 is 1.52 bits per heavy atom. The second-order valence-corrected chi connectivity index (χ2v) is 12.3. The van der Waals surface area contributed by atoms with Crippen molar-refractivity contribution in [1.82, 2.24) is 0 Å². The topological polar surface area (TPSA) is 24.4 Å². The molecule has 2 heterocycles. The molecule has 1 N–H and O–H groups in total. The lowest BCUT2D eigenvalue weighted by Gasteiger charge is -2.22. The Labute approximate surface area is 183 Å². The molecule has 0 saturated heterocycles. The van der Waals surface area contributed by atoms with Gasteiger partial charge in [-0.1, -0.05) is 30.3 Å². The molecule has 4 rings (SSSR count). The van der Waals surface area contributed by atoms with Gasteiger partial charge in [0.2, 0.25) is 0 Å². The number of allylic oxidation sites excluding steroid dienone is 4. The van der Waals surface area contributed by atoms with Crippen molar-refractivity contribution in [3.8, 4) is 0 Å². The van der Waals surface area contributed by atoms with E-state index in [0.29, 0.717) is 0 Å². The van der Waals surface area contributed by atoms with Gasteiger partial charge in [0.1, 0.15) is 0 Å². The predicted molar refractivity (Wildman–Crippen MR) is 130 cm³/mol. The summed E-state index contributed by atoms with van der Waals surface area (Å²) in [5.41, 5.74) is 4.65. The summed E-state index contributed by atoms with van der Waals surface area (Å²) in [5.74, 6) is 0. The Bertz CT molecular complexity index is 999. The first-order chi connectivity index (χ1) is 13.8. The lowest BCUT2D eigenvalue weighted by atomic mass is 10.0. The quantitative estimate of drug-likeness (QED) is 0.535. The summed E-state index contributed by atoms with van der Waals surface area (Å²) in [5, 5.41) is 3.64. The lowest BCUT2D eigenvalue weighted by molar-refractivity contribution is 0.708. The molecule has 0 bridgehead atoms. The van der Waals surface area contributed by atoms with Crippen LogP contribution >= 0.6 is 23.5 Å². The largest absolute Gasteiger partial charge is 0.358 e. The maximum atomic E-state index is 4.96. The normalized spacial score (nSPS) is 21.5. The Hall–Kier alpha value is -1.91. The van der Waals surface area contributed by atoms with E-state index in [-0.39, 0.29) is 9.49 Å². The van der Waals surface area contributed by atoms with E-state index in [1.54, 1.807) is 0 Å². The number of hydrogen-bond donors (Lipinski definition) is 1. The fourth-order valence-corrected chi connectivity index (χ4v) is 6.12. The first kappa shape index (κ1) is 20.4. The number of benzene rings is 2. The predicted octanol–water partition coefficient (Wildman–Crippen LogP) is 7.86. The van der Waals surface area contributed by atoms with Gasteiger partial charge in [-0.15, -0.1) is 23.5 Å². The highest BCUT2D eigenvalue weighted by Crippen LogP contribution is 2.44. The van der Waals surface area contributed by atoms with E-state index in [2.05, 4.69) is 99.8 Å². The van der Waals surface area contributed by atoms with Crippen LogP contribution in [0.2, 0.25) is 0 Å². The molecule has 4 heteroatoms. The van der Waals surface area contributed by atoms with Crippen molar-refractivity contribution in [1.29, 1.82) is 0 Å². The summed E-state index contributed by atoms with van der Waals surface area (Å²) in [6.45, 7) is 9.21. The highest BCUT2D eigenvalue weighted by atomic mass is 32.2. The standard InChI is InChI=1S/C25H28N2S2/c1-24(2)16-18(26-20-12-5-7-14-22(20)28-24)10-9-11-19-17-25(3,4)29-23-15-8-6-13-21(23)27-19/h5-15,26H,16-17H2,1-4H3/b11-9+,18-10-. The van der Waals surface area contributed by atoms with E-state index in [0.717, 1.165) is 24.2 Å². The van der Waals surface area contributed by atoms with Gasteiger partial charge >= 0.3 is 0 Å². The fraction of sp³-hybridized carbons (Fsp3) is 0.320. The summed E-state index contributed by atoms with van der Waals surface area (Å²) in [6, 6.07) is 17.0. The second kappa shape index (κ2) is 8.08. The molecular weight excluding hydrogens is 392 g/mol. The van der Waals surface area contributed by atoms with Crippen LogP contribution in [0.4, 0.5) is 11.4 Å². The van der Waals surface area contributed by atoms with Gasteiger partial charge < -0.3 is 5.32 Å². The molecular formula is C25H28N2S2. The van der Waals surface area contributed by atoms with Gasteiger partial charge in [0.05, 0.1) is 11.4 Å². The number of thioether (sulfide) groups is 2. The van der Waals surface area contributed by atoms with Crippen LogP contribution in [0.25, 0.3) is 0 Å². The molecule has 0 radical (unpaired) electrons. The van der Waals surface area contributed by atoms with Crippen LogP contribution in [0.15, 0.2) is 87.2 Å². The second-order valence-electron chi connectivity index (χ2n) is 8.82. The zero-order chi connectivity index (χ0) is 20.5. The Balaban J connectivity index is 1.60. The van der Waals surface area contributed by atoms with Crippen LogP contribution < -0.4 is 5.32 Å². The van der Waals surface area contributed by atoms with Crippen LogP contribution in [-0.2, 0) is 0 Å². The molecule has 2 aromatic rings. The smallest absolute Gasteiger partial charge is 0.0768 e. The van der Waals surface area contributed by atoms with Gasteiger partial charge in [0, 0.05) is 43.5 Å². The number of rotatable bonds is 2. The maximum absolute atomic E-state index is 4.96. The number of nitrogens with zero attached hydrogens (tertiary/aromatic N) is 1. The van der Waals surface area contributed by atoms with Crippen molar-refractivity contribution < 1.29 is 0 Å². The van der Waals surface area contributed by atoms with Crippen molar-refractivity contribution in [2.75, 3.05) is 5.32 Å². The van der Waals surface area contributed by atoms with Gasteiger partial charge in [0.15, 0.2) is 0 Å². The first-order valence-corrected chi connectivity index (χ1v) is 11.7. The van der Waals surface area contributed by atoms with Crippen LogP contribution in [0.1, 0.15) is 40.5 Å². The average molecular weight is 421 g/mol. The summed E-state index contributed by atoms with van der Waals surface area (Å²) in [4.78, 5) is 7.53. The molecule has 0 aromatic heterocycles. The summed E-state index contributed by atoms with van der Waals surface area (Å²) >= 11 is 3.86.